The maximum Gasteiger partial charge on any atom is 0.262 e. The van der Waals surface area contributed by atoms with Crippen molar-refractivity contribution >= 4 is 17.3 Å². The molecule has 104 valence electrons. The number of amides is 1. The van der Waals surface area contributed by atoms with Gasteiger partial charge in [0, 0.05) is 11.4 Å². The number of carbonyl (C=O) groups excluding carboxylic acids is 1. The summed E-state index contributed by atoms with van der Waals surface area (Å²) >= 11 is 0. The quantitative estimate of drug-likeness (QED) is 0.845. The molecule has 0 atom stereocenters. The fourth-order valence-corrected chi connectivity index (χ4v) is 1.50. The van der Waals surface area contributed by atoms with Gasteiger partial charge in [-0.15, -0.1) is 0 Å². The van der Waals surface area contributed by atoms with Crippen molar-refractivity contribution in [2.24, 2.45) is 0 Å². The van der Waals surface area contributed by atoms with Gasteiger partial charge in [-0.2, -0.15) is 4.39 Å². The first-order chi connectivity index (χ1) is 9.56. The highest BCUT2D eigenvalue weighted by Gasteiger charge is 2.10. The molecule has 0 aliphatic carbocycles. The Balaban J connectivity index is 1.92. The minimum absolute atomic E-state index is 0.308. The summed E-state index contributed by atoms with van der Waals surface area (Å²) in [6, 6.07) is 10.0. The van der Waals surface area contributed by atoms with Gasteiger partial charge in [0.2, 0.25) is 5.82 Å². The standard InChI is InChI=1S/C14H12F2N2O2/c15-11-2-1-3-12(14(11)16)20-8-13(19)18-10-6-4-9(17)5-7-10/h1-7H,8,17H2,(H,18,19). The van der Waals surface area contributed by atoms with E-state index >= 15 is 0 Å². The zero-order valence-corrected chi connectivity index (χ0v) is 10.4. The number of anilines is 2. The van der Waals surface area contributed by atoms with Crippen LogP contribution in [0.4, 0.5) is 20.2 Å². The summed E-state index contributed by atoms with van der Waals surface area (Å²) in [5.41, 5.74) is 6.61. The van der Waals surface area contributed by atoms with E-state index in [2.05, 4.69) is 5.32 Å². The van der Waals surface area contributed by atoms with Crippen molar-refractivity contribution in [3.05, 3.63) is 54.1 Å². The minimum Gasteiger partial charge on any atom is -0.481 e. The zero-order valence-electron chi connectivity index (χ0n) is 10.4. The Morgan fingerprint density at radius 1 is 1.15 bits per heavy atom. The van der Waals surface area contributed by atoms with Crippen LogP contribution in [0.2, 0.25) is 0 Å². The van der Waals surface area contributed by atoms with E-state index in [9.17, 15) is 13.6 Å². The van der Waals surface area contributed by atoms with Crippen molar-refractivity contribution in [2.75, 3.05) is 17.7 Å². The number of nitrogens with two attached hydrogens (primary N) is 1. The molecule has 0 spiro atoms. The van der Waals surface area contributed by atoms with Gasteiger partial charge < -0.3 is 15.8 Å². The van der Waals surface area contributed by atoms with Crippen LogP contribution in [-0.2, 0) is 4.79 Å². The Morgan fingerprint density at radius 3 is 2.55 bits per heavy atom. The molecule has 6 heteroatoms. The van der Waals surface area contributed by atoms with Crippen molar-refractivity contribution in [3.8, 4) is 5.75 Å². The van der Waals surface area contributed by atoms with Crippen LogP contribution in [0.25, 0.3) is 0 Å². The molecule has 4 nitrogen and oxygen atoms in total. The highest BCUT2D eigenvalue weighted by molar-refractivity contribution is 5.92. The van der Waals surface area contributed by atoms with E-state index < -0.39 is 24.1 Å². The average molecular weight is 278 g/mol. The molecule has 0 aromatic heterocycles. The molecular weight excluding hydrogens is 266 g/mol. The lowest BCUT2D eigenvalue weighted by atomic mass is 10.3. The smallest absolute Gasteiger partial charge is 0.262 e. The van der Waals surface area contributed by atoms with Crippen LogP contribution < -0.4 is 15.8 Å². The van der Waals surface area contributed by atoms with Crippen molar-refractivity contribution in [3.63, 3.8) is 0 Å². The molecule has 0 saturated carbocycles. The van der Waals surface area contributed by atoms with Crippen LogP contribution in [-0.4, -0.2) is 12.5 Å². The fraction of sp³-hybridized carbons (Fsp3) is 0.0714. The first kappa shape index (κ1) is 13.8. The second-order valence-electron chi connectivity index (χ2n) is 4.01. The van der Waals surface area contributed by atoms with Gasteiger partial charge >= 0.3 is 0 Å². The Kier molecular flexibility index (Phi) is 4.14. The molecule has 3 N–H and O–H groups in total. The molecule has 2 aromatic carbocycles. The first-order valence-electron chi connectivity index (χ1n) is 5.78. The molecular formula is C14H12F2N2O2. The summed E-state index contributed by atoms with van der Waals surface area (Å²) in [4.78, 5) is 11.6. The number of halogens is 2. The topological polar surface area (TPSA) is 64.3 Å². The SMILES string of the molecule is Nc1ccc(NC(=O)COc2cccc(F)c2F)cc1. The van der Waals surface area contributed by atoms with Crippen molar-refractivity contribution < 1.29 is 18.3 Å². The van der Waals surface area contributed by atoms with Gasteiger partial charge in [-0.25, -0.2) is 4.39 Å². The third-order valence-electron chi connectivity index (χ3n) is 2.47. The highest BCUT2D eigenvalue weighted by Crippen LogP contribution is 2.19. The lowest BCUT2D eigenvalue weighted by Crippen LogP contribution is -2.20. The fourth-order valence-electron chi connectivity index (χ4n) is 1.50. The van der Waals surface area contributed by atoms with Gasteiger partial charge in [-0.1, -0.05) is 6.07 Å². The summed E-state index contributed by atoms with van der Waals surface area (Å²) in [6.45, 7) is -0.426. The second-order valence-corrected chi connectivity index (χ2v) is 4.01. The zero-order chi connectivity index (χ0) is 14.5. The Hall–Kier alpha value is -2.63. The average Bonchev–Trinajstić information content (AvgIpc) is 2.43. The van der Waals surface area contributed by atoms with E-state index in [4.69, 9.17) is 10.5 Å². The van der Waals surface area contributed by atoms with Gasteiger partial charge in [0.1, 0.15) is 0 Å². The predicted molar refractivity (Wildman–Crippen MR) is 71.3 cm³/mol. The molecule has 20 heavy (non-hydrogen) atoms. The molecule has 0 aliphatic rings. The number of nitrogen functional groups attached to an aromatic ring is 1. The monoisotopic (exact) mass is 278 g/mol. The van der Waals surface area contributed by atoms with Crippen molar-refractivity contribution in [1.29, 1.82) is 0 Å². The molecule has 0 bridgehead atoms. The van der Waals surface area contributed by atoms with Gasteiger partial charge in [0.15, 0.2) is 18.2 Å². The van der Waals surface area contributed by atoms with E-state index in [1.165, 1.54) is 12.1 Å². The van der Waals surface area contributed by atoms with Gasteiger partial charge in [0.05, 0.1) is 0 Å². The van der Waals surface area contributed by atoms with Gasteiger partial charge in [-0.3, -0.25) is 4.79 Å². The van der Waals surface area contributed by atoms with E-state index in [1.807, 2.05) is 0 Å². The molecule has 0 heterocycles. The van der Waals surface area contributed by atoms with Crippen molar-refractivity contribution in [1.82, 2.24) is 0 Å². The maximum absolute atomic E-state index is 13.3. The molecule has 0 saturated heterocycles. The molecule has 0 radical (unpaired) electrons. The number of ether oxygens (including phenoxy) is 1. The van der Waals surface area contributed by atoms with Crippen LogP contribution in [0, 0.1) is 11.6 Å². The highest BCUT2D eigenvalue weighted by atomic mass is 19.2. The summed E-state index contributed by atoms with van der Waals surface area (Å²) < 4.78 is 31.1. The van der Waals surface area contributed by atoms with E-state index in [-0.39, 0.29) is 5.75 Å². The van der Waals surface area contributed by atoms with Gasteiger partial charge in [0.25, 0.3) is 5.91 Å². The second kappa shape index (κ2) is 6.01. The summed E-state index contributed by atoms with van der Waals surface area (Å²) in [5, 5.41) is 2.54. The normalized spacial score (nSPS) is 10.1. The van der Waals surface area contributed by atoms with Crippen LogP contribution in [0.3, 0.4) is 0 Å². The van der Waals surface area contributed by atoms with Crippen LogP contribution in [0.5, 0.6) is 5.75 Å². The minimum atomic E-state index is -1.12. The van der Waals surface area contributed by atoms with Crippen LogP contribution in [0.15, 0.2) is 42.5 Å². The Labute approximate surface area is 114 Å². The van der Waals surface area contributed by atoms with E-state index in [1.54, 1.807) is 24.3 Å². The Morgan fingerprint density at radius 2 is 1.85 bits per heavy atom. The third-order valence-corrected chi connectivity index (χ3v) is 2.47. The molecule has 0 aliphatic heterocycles. The maximum atomic E-state index is 13.3. The number of benzene rings is 2. The molecule has 1 amide bonds. The lowest BCUT2D eigenvalue weighted by molar-refractivity contribution is -0.118. The Bertz CT molecular complexity index is 615. The van der Waals surface area contributed by atoms with E-state index in [0.29, 0.717) is 11.4 Å². The first-order valence-corrected chi connectivity index (χ1v) is 5.78. The molecule has 0 unspecified atom stereocenters. The summed E-state index contributed by atoms with van der Waals surface area (Å²) in [7, 11) is 0. The largest absolute Gasteiger partial charge is 0.481 e. The number of rotatable bonds is 4. The number of hydrogen-bond acceptors (Lipinski definition) is 3. The number of carbonyl (C=O) groups is 1. The number of nitrogens with one attached hydrogen (secondary N) is 1. The molecule has 2 aromatic rings. The third kappa shape index (κ3) is 3.44. The summed E-state index contributed by atoms with van der Waals surface area (Å²) in [6.07, 6.45) is 0. The van der Waals surface area contributed by atoms with E-state index in [0.717, 1.165) is 6.07 Å². The molecule has 0 fully saturated rings. The lowest BCUT2D eigenvalue weighted by Gasteiger charge is -2.08. The van der Waals surface area contributed by atoms with Crippen LogP contribution >= 0.6 is 0 Å². The number of hydrogen-bond donors (Lipinski definition) is 2. The predicted octanol–water partition coefficient (Wildman–Crippen LogP) is 2.56. The molecule has 2 rings (SSSR count). The van der Waals surface area contributed by atoms with Gasteiger partial charge in [-0.05, 0) is 36.4 Å². The summed E-state index contributed by atoms with van der Waals surface area (Å²) in [5.74, 6) is -2.94. The van der Waals surface area contributed by atoms with Crippen molar-refractivity contribution in [2.45, 2.75) is 0 Å². The van der Waals surface area contributed by atoms with Crippen LogP contribution in [0.1, 0.15) is 0 Å².